The molecule has 2 aromatic carbocycles. The lowest BCUT2D eigenvalue weighted by Gasteiger charge is -2.08. The molecule has 0 aliphatic rings. The average Bonchev–Trinajstić information content (AvgIpc) is 2.35. The molecule has 0 heterocycles. The number of halogens is 1. The van der Waals surface area contributed by atoms with Gasteiger partial charge in [0.25, 0.3) is 0 Å². The Hall–Kier alpha value is -2.34. The highest BCUT2D eigenvalue weighted by Gasteiger charge is 2.07. The first-order valence-electron chi connectivity index (χ1n) is 5.14. The molecule has 2 aromatic rings. The molecule has 0 N–H and O–H groups in total. The lowest BCUT2D eigenvalue weighted by Crippen LogP contribution is -1.91. The summed E-state index contributed by atoms with van der Waals surface area (Å²) in [5.41, 5.74) is 1.01. The molecule has 0 aliphatic carbocycles. The molecule has 0 saturated carbocycles. The Morgan fingerprint density at radius 3 is 2.71 bits per heavy atom. The van der Waals surface area contributed by atoms with E-state index in [2.05, 4.69) is 0 Å². The summed E-state index contributed by atoms with van der Waals surface area (Å²) in [5, 5.41) is 8.75. The van der Waals surface area contributed by atoms with Crippen molar-refractivity contribution >= 4 is 0 Å². The topological polar surface area (TPSA) is 33.0 Å². The highest BCUT2D eigenvalue weighted by molar-refractivity contribution is 5.40. The number of nitrogens with zero attached hydrogens (tertiary/aromatic N) is 1. The van der Waals surface area contributed by atoms with Crippen molar-refractivity contribution in [3.8, 4) is 17.6 Å². The largest absolute Gasteiger partial charge is 0.454 e. The van der Waals surface area contributed by atoms with Crippen LogP contribution >= 0.6 is 0 Å². The molecular formula is C14H10FNO. The van der Waals surface area contributed by atoms with Crippen LogP contribution in [0.2, 0.25) is 0 Å². The van der Waals surface area contributed by atoms with Crippen LogP contribution in [0.3, 0.4) is 0 Å². The van der Waals surface area contributed by atoms with Crippen LogP contribution in [-0.4, -0.2) is 0 Å². The maximum Gasteiger partial charge on any atom is 0.168 e. The molecule has 0 saturated heterocycles. The highest BCUT2D eigenvalue weighted by atomic mass is 19.1. The summed E-state index contributed by atoms with van der Waals surface area (Å²) in [6.45, 7) is 1.67. The summed E-state index contributed by atoms with van der Waals surface area (Å²) in [6, 6.07) is 13.6. The maximum absolute atomic E-state index is 13.7. The first-order chi connectivity index (χ1) is 8.20. The lowest BCUT2D eigenvalue weighted by molar-refractivity contribution is 0.440. The van der Waals surface area contributed by atoms with Crippen LogP contribution in [-0.2, 0) is 0 Å². The second kappa shape index (κ2) is 4.67. The number of rotatable bonds is 2. The number of nitriles is 1. The molecule has 17 heavy (non-hydrogen) atoms. The van der Waals surface area contributed by atoms with Gasteiger partial charge >= 0.3 is 0 Å². The fraction of sp³-hybridized carbons (Fsp3) is 0.0714. The van der Waals surface area contributed by atoms with E-state index in [4.69, 9.17) is 10.00 Å². The Kier molecular flexibility index (Phi) is 3.06. The van der Waals surface area contributed by atoms with E-state index in [0.717, 1.165) is 0 Å². The Bertz CT molecular complexity index is 587. The Morgan fingerprint density at radius 1 is 1.18 bits per heavy atom. The molecule has 0 spiro atoms. The van der Waals surface area contributed by atoms with Crippen molar-refractivity contribution in [2.45, 2.75) is 6.92 Å². The van der Waals surface area contributed by atoms with Crippen molar-refractivity contribution < 1.29 is 9.13 Å². The first kappa shape index (κ1) is 11.2. The number of hydrogen-bond acceptors (Lipinski definition) is 2. The second-order valence-electron chi connectivity index (χ2n) is 3.63. The average molecular weight is 227 g/mol. The van der Waals surface area contributed by atoms with Crippen molar-refractivity contribution in [3.05, 3.63) is 59.4 Å². The van der Waals surface area contributed by atoms with Crippen molar-refractivity contribution in [1.29, 1.82) is 5.26 Å². The van der Waals surface area contributed by atoms with Crippen LogP contribution in [0.25, 0.3) is 0 Å². The van der Waals surface area contributed by atoms with Gasteiger partial charge in [0.15, 0.2) is 11.6 Å². The van der Waals surface area contributed by atoms with Crippen LogP contribution in [0.15, 0.2) is 42.5 Å². The molecular weight excluding hydrogens is 217 g/mol. The zero-order valence-corrected chi connectivity index (χ0v) is 9.27. The molecule has 0 amide bonds. The molecule has 0 aromatic heterocycles. The minimum absolute atomic E-state index is 0.167. The summed E-state index contributed by atoms with van der Waals surface area (Å²) in [7, 11) is 0. The monoisotopic (exact) mass is 227 g/mol. The van der Waals surface area contributed by atoms with Crippen LogP contribution < -0.4 is 4.74 Å². The fourth-order valence-corrected chi connectivity index (χ4v) is 1.46. The predicted octanol–water partition coefficient (Wildman–Crippen LogP) is 3.80. The number of aryl methyl sites for hydroxylation is 1. The molecule has 0 bridgehead atoms. The number of benzene rings is 2. The molecule has 2 rings (SSSR count). The van der Waals surface area contributed by atoms with Gasteiger partial charge in [-0.3, -0.25) is 0 Å². The first-order valence-corrected chi connectivity index (χ1v) is 5.14. The third-order valence-electron chi connectivity index (χ3n) is 2.35. The molecule has 0 unspecified atom stereocenters. The SMILES string of the molecule is Cc1cccc(Oc2cccc(C#N)c2)c1F. The Morgan fingerprint density at radius 2 is 1.94 bits per heavy atom. The summed E-state index contributed by atoms with van der Waals surface area (Å²) in [4.78, 5) is 0. The van der Waals surface area contributed by atoms with Crippen LogP contribution in [0.1, 0.15) is 11.1 Å². The van der Waals surface area contributed by atoms with E-state index in [9.17, 15) is 4.39 Å². The number of hydrogen-bond donors (Lipinski definition) is 0. The van der Waals surface area contributed by atoms with Gasteiger partial charge in [0.05, 0.1) is 11.6 Å². The van der Waals surface area contributed by atoms with Gasteiger partial charge in [-0.1, -0.05) is 18.2 Å². The molecule has 0 fully saturated rings. The quantitative estimate of drug-likeness (QED) is 0.781. The predicted molar refractivity (Wildman–Crippen MR) is 62.4 cm³/mol. The summed E-state index contributed by atoms with van der Waals surface area (Å²) in [5.74, 6) is 0.239. The van der Waals surface area contributed by atoms with Gasteiger partial charge in [0.2, 0.25) is 0 Å². The minimum Gasteiger partial charge on any atom is -0.454 e. The van der Waals surface area contributed by atoms with Crippen molar-refractivity contribution in [1.82, 2.24) is 0 Å². The van der Waals surface area contributed by atoms with Crippen molar-refractivity contribution in [3.63, 3.8) is 0 Å². The van der Waals surface area contributed by atoms with Crippen molar-refractivity contribution in [2.75, 3.05) is 0 Å². The van der Waals surface area contributed by atoms with E-state index in [1.54, 1.807) is 49.4 Å². The normalized spacial score (nSPS) is 9.71. The van der Waals surface area contributed by atoms with Gasteiger partial charge in [0.1, 0.15) is 5.75 Å². The molecule has 0 radical (unpaired) electrons. The van der Waals surface area contributed by atoms with Crippen LogP contribution in [0.4, 0.5) is 4.39 Å². The zero-order chi connectivity index (χ0) is 12.3. The highest BCUT2D eigenvalue weighted by Crippen LogP contribution is 2.26. The third-order valence-corrected chi connectivity index (χ3v) is 2.35. The second-order valence-corrected chi connectivity index (χ2v) is 3.63. The minimum atomic E-state index is -0.380. The van der Waals surface area contributed by atoms with Crippen LogP contribution in [0.5, 0.6) is 11.5 Å². The Balaban J connectivity index is 2.32. The van der Waals surface area contributed by atoms with Gasteiger partial charge in [-0.25, -0.2) is 4.39 Å². The maximum atomic E-state index is 13.7. The smallest absolute Gasteiger partial charge is 0.168 e. The molecule has 0 atom stereocenters. The van der Waals surface area contributed by atoms with E-state index in [0.29, 0.717) is 16.9 Å². The Labute approximate surface area is 98.9 Å². The lowest BCUT2D eigenvalue weighted by atomic mass is 10.2. The molecule has 84 valence electrons. The molecule has 2 nitrogen and oxygen atoms in total. The van der Waals surface area contributed by atoms with Gasteiger partial charge in [-0.05, 0) is 36.8 Å². The van der Waals surface area contributed by atoms with Gasteiger partial charge in [-0.15, -0.1) is 0 Å². The van der Waals surface area contributed by atoms with Crippen LogP contribution in [0, 0.1) is 24.1 Å². The van der Waals surface area contributed by atoms with Gasteiger partial charge in [-0.2, -0.15) is 5.26 Å². The van der Waals surface area contributed by atoms with E-state index in [-0.39, 0.29) is 11.6 Å². The standard InChI is InChI=1S/C14H10FNO/c1-10-4-2-7-13(14(10)15)17-12-6-3-5-11(8-12)9-16/h2-8H,1H3. The molecule has 3 heteroatoms. The summed E-state index contributed by atoms with van der Waals surface area (Å²) in [6.07, 6.45) is 0. The fourth-order valence-electron chi connectivity index (χ4n) is 1.46. The molecule has 0 aliphatic heterocycles. The number of ether oxygens (including phenoxy) is 1. The van der Waals surface area contributed by atoms with E-state index in [1.165, 1.54) is 0 Å². The third kappa shape index (κ3) is 2.43. The van der Waals surface area contributed by atoms with E-state index in [1.807, 2.05) is 6.07 Å². The summed E-state index contributed by atoms with van der Waals surface area (Å²) < 4.78 is 19.1. The summed E-state index contributed by atoms with van der Waals surface area (Å²) >= 11 is 0. The van der Waals surface area contributed by atoms with Gasteiger partial charge < -0.3 is 4.74 Å². The van der Waals surface area contributed by atoms with E-state index < -0.39 is 0 Å². The van der Waals surface area contributed by atoms with Crippen molar-refractivity contribution in [2.24, 2.45) is 0 Å². The zero-order valence-electron chi connectivity index (χ0n) is 9.27. The van der Waals surface area contributed by atoms with Gasteiger partial charge in [0, 0.05) is 0 Å². The van der Waals surface area contributed by atoms with E-state index >= 15 is 0 Å².